The Kier molecular flexibility index (Phi) is 5.23. The van der Waals surface area contributed by atoms with Crippen LogP contribution < -0.4 is 5.32 Å². The van der Waals surface area contributed by atoms with Crippen LogP contribution in [0.3, 0.4) is 0 Å². The minimum atomic E-state index is 0.199. The molecule has 1 fully saturated rings. The lowest BCUT2D eigenvalue weighted by molar-refractivity contribution is 0.0391. The molecule has 0 amide bonds. The molecule has 102 valence electrons. The van der Waals surface area contributed by atoms with Gasteiger partial charge in [0.1, 0.15) is 0 Å². The highest BCUT2D eigenvalue weighted by atomic mass is 16.5. The summed E-state index contributed by atoms with van der Waals surface area (Å²) in [6.45, 7) is 6.75. The third-order valence-electron chi connectivity index (χ3n) is 3.37. The van der Waals surface area contributed by atoms with Crippen molar-refractivity contribution < 1.29 is 9.47 Å². The van der Waals surface area contributed by atoms with Crippen molar-refractivity contribution in [1.82, 2.24) is 10.2 Å². The average molecular weight is 252 g/mol. The third-order valence-corrected chi connectivity index (χ3v) is 3.37. The molecule has 1 aliphatic heterocycles. The summed E-state index contributed by atoms with van der Waals surface area (Å²) in [5.41, 5.74) is 1.30. The summed E-state index contributed by atoms with van der Waals surface area (Å²) >= 11 is 0. The Balaban J connectivity index is 1.88. The van der Waals surface area contributed by atoms with Gasteiger partial charge in [0.2, 0.25) is 0 Å². The minimum absolute atomic E-state index is 0.199. The molecule has 0 saturated carbocycles. The number of methoxy groups -OCH3 is 1. The van der Waals surface area contributed by atoms with Crippen molar-refractivity contribution in [2.24, 2.45) is 0 Å². The van der Waals surface area contributed by atoms with Gasteiger partial charge in [0.05, 0.1) is 19.3 Å². The predicted octanol–water partition coefficient (Wildman–Crippen LogP) is 1.16. The molecule has 4 nitrogen and oxygen atoms in total. The van der Waals surface area contributed by atoms with Crippen LogP contribution in [0.5, 0.6) is 0 Å². The van der Waals surface area contributed by atoms with Gasteiger partial charge in [0.25, 0.3) is 0 Å². The summed E-state index contributed by atoms with van der Waals surface area (Å²) in [6.07, 6.45) is 7.83. The van der Waals surface area contributed by atoms with Crippen LogP contribution in [0.15, 0.2) is 23.9 Å². The number of allylic oxidation sites excluding steroid dienone is 1. The zero-order chi connectivity index (χ0) is 12.8. The Labute approximate surface area is 110 Å². The smallest absolute Gasteiger partial charge is 0.0814 e. The van der Waals surface area contributed by atoms with Gasteiger partial charge in [-0.05, 0) is 25.5 Å². The molecule has 4 heteroatoms. The van der Waals surface area contributed by atoms with E-state index in [9.17, 15) is 0 Å². The topological polar surface area (TPSA) is 33.7 Å². The first-order valence-corrected chi connectivity index (χ1v) is 6.77. The largest absolute Gasteiger partial charge is 0.382 e. The Morgan fingerprint density at radius 1 is 1.44 bits per heavy atom. The first kappa shape index (κ1) is 13.6. The molecule has 0 spiro atoms. The lowest BCUT2D eigenvalue weighted by atomic mass is 10.1. The van der Waals surface area contributed by atoms with Crippen molar-refractivity contribution in [2.45, 2.75) is 25.5 Å². The van der Waals surface area contributed by atoms with E-state index in [1.165, 1.54) is 5.70 Å². The van der Waals surface area contributed by atoms with Gasteiger partial charge in [-0.25, -0.2) is 0 Å². The van der Waals surface area contributed by atoms with E-state index in [2.05, 4.69) is 35.4 Å². The second kappa shape index (κ2) is 6.92. The number of nitrogens with one attached hydrogen (secondary N) is 1. The van der Waals surface area contributed by atoms with Crippen LogP contribution in [0, 0.1) is 0 Å². The van der Waals surface area contributed by atoms with E-state index < -0.39 is 0 Å². The summed E-state index contributed by atoms with van der Waals surface area (Å²) in [4.78, 5) is 2.43. The monoisotopic (exact) mass is 252 g/mol. The molecule has 1 saturated heterocycles. The van der Waals surface area contributed by atoms with Crippen LogP contribution in [0.25, 0.3) is 0 Å². The Morgan fingerprint density at radius 3 is 3.11 bits per heavy atom. The van der Waals surface area contributed by atoms with Crippen LogP contribution in [-0.2, 0) is 9.47 Å². The lowest BCUT2D eigenvalue weighted by Gasteiger charge is -2.35. The number of nitrogens with zero attached hydrogens (tertiary/aromatic N) is 1. The third kappa shape index (κ3) is 3.83. The van der Waals surface area contributed by atoms with Crippen LogP contribution >= 0.6 is 0 Å². The van der Waals surface area contributed by atoms with Crippen molar-refractivity contribution in [3.05, 3.63) is 23.9 Å². The molecule has 1 aliphatic carbocycles. The number of hydrogen-bond acceptors (Lipinski definition) is 4. The van der Waals surface area contributed by atoms with E-state index in [1.54, 1.807) is 7.11 Å². The van der Waals surface area contributed by atoms with Gasteiger partial charge in [0, 0.05) is 38.5 Å². The number of piperazine rings is 1. The molecule has 1 unspecified atom stereocenters. The fourth-order valence-electron chi connectivity index (χ4n) is 2.41. The van der Waals surface area contributed by atoms with Gasteiger partial charge in [-0.2, -0.15) is 0 Å². The Morgan fingerprint density at radius 2 is 2.33 bits per heavy atom. The number of ether oxygens (including phenoxy) is 2. The van der Waals surface area contributed by atoms with Crippen molar-refractivity contribution in [3.63, 3.8) is 0 Å². The van der Waals surface area contributed by atoms with Crippen molar-refractivity contribution in [1.29, 1.82) is 0 Å². The van der Waals surface area contributed by atoms with Crippen LogP contribution in [0.4, 0.5) is 0 Å². The molecule has 0 aromatic rings. The predicted molar refractivity (Wildman–Crippen MR) is 72.5 cm³/mol. The second-order valence-electron chi connectivity index (χ2n) is 4.93. The molecule has 0 bridgehead atoms. The molecule has 1 N–H and O–H groups in total. The average Bonchev–Trinajstić information content (AvgIpc) is 2.39. The van der Waals surface area contributed by atoms with Gasteiger partial charge in [0.15, 0.2) is 0 Å². The number of hydrogen-bond donors (Lipinski definition) is 1. The molecule has 0 aromatic heterocycles. The molecule has 0 radical (unpaired) electrons. The van der Waals surface area contributed by atoms with Crippen LogP contribution in [0.1, 0.15) is 13.3 Å². The summed E-state index contributed by atoms with van der Waals surface area (Å²) < 4.78 is 10.8. The molecule has 1 heterocycles. The van der Waals surface area contributed by atoms with Gasteiger partial charge in [-0.1, -0.05) is 6.08 Å². The molecular formula is C14H24N2O2. The summed E-state index contributed by atoms with van der Waals surface area (Å²) in [6, 6.07) is 0.558. The number of rotatable bonds is 5. The maximum Gasteiger partial charge on any atom is 0.0814 e. The fourth-order valence-corrected chi connectivity index (χ4v) is 2.41. The highest BCUT2D eigenvalue weighted by molar-refractivity contribution is 5.24. The molecular weight excluding hydrogens is 228 g/mol. The zero-order valence-electron chi connectivity index (χ0n) is 11.4. The standard InChI is InChI=1S/C14H24N2O2/c1-12-11-16(7-6-15-12)13-4-3-5-14(10-13)18-9-8-17-2/h3-4,10,12,14-15H,5-9,11H2,1-2H3/t12-,14?/m1/s1. The summed E-state index contributed by atoms with van der Waals surface area (Å²) in [5.74, 6) is 0. The maximum atomic E-state index is 5.78. The van der Waals surface area contributed by atoms with Gasteiger partial charge >= 0.3 is 0 Å². The van der Waals surface area contributed by atoms with E-state index in [0.29, 0.717) is 19.3 Å². The molecule has 0 aromatic carbocycles. The Bertz CT molecular complexity index is 315. The van der Waals surface area contributed by atoms with E-state index in [-0.39, 0.29) is 6.10 Å². The van der Waals surface area contributed by atoms with Crippen molar-refractivity contribution in [2.75, 3.05) is 40.0 Å². The van der Waals surface area contributed by atoms with E-state index in [1.807, 2.05) is 0 Å². The van der Waals surface area contributed by atoms with Crippen LogP contribution in [0.2, 0.25) is 0 Å². The first-order chi connectivity index (χ1) is 8.79. The fraction of sp³-hybridized carbons (Fsp3) is 0.714. The summed E-state index contributed by atoms with van der Waals surface area (Å²) in [7, 11) is 1.70. The lowest BCUT2D eigenvalue weighted by Crippen LogP contribution is -2.48. The van der Waals surface area contributed by atoms with E-state index in [0.717, 1.165) is 26.1 Å². The van der Waals surface area contributed by atoms with E-state index in [4.69, 9.17) is 9.47 Å². The highest BCUT2D eigenvalue weighted by Crippen LogP contribution is 2.18. The minimum Gasteiger partial charge on any atom is -0.382 e. The SMILES string of the molecule is COCCOC1C=C(N2CCN[C@H](C)C2)C=CC1. The molecule has 18 heavy (non-hydrogen) atoms. The Hall–Kier alpha value is -0.840. The van der Waals surface area contributed by atoms with Crippen LogP contribution in [-0.4, -0.2) is 57.0 Å². The van der Waals surface area contributed by atoms with Crippen molar-refractivity contribution in [3.8, 4) is 0 Å². The van der Waals surface area contributed by atoms with Crippen molar-refractivity contribution >= 4 is 0 Å². The van der Waals surface area contributed by atoms with E-state index >= 15 is 0 Å². The molecule has 2 rings (SSSR count). The van der Waals surface area contributed by atoms with Gasteiger partial charge in [-0.15, -0.1) is 0 Å². The molecule has 2 aliphatic rings. The molecule has 2 atom stereocenters. The second-order valence-corrected chi connectivity index (χ2v) is 4.93. The highest BCUT2D eigenvalue weighted by Gasteiger charge is 2.19. The zero-order valence-corrected chi connectivity index (χ0v) is 11.4. The maximum absolute atomic E-state index is 5.78. The summed E-state index contributed by atoms with van der Waals surface area (Å²) in [5, 5.41) is 3.46. The first-order valence-electron chi connectivity index (χ1n) is 6.77. The normalized spacial score (nSPS) is 28.3. The van der Waals surface area contributed by atoms with Gasteiger partial charge in [-0.3, -0.25) is 0 Å². The van der Waals surface area contributed by atoms with Gasteiger partial charge < -0.3 is 19.7 Å². The quantitative estimate of drug-likeness (QED) is 0.744.